The van der Waals surface area contributed by atoms with Crippen LogP contribution >= 0.6 is 0 Å². The molecule has 1 aliphatic rings. The van der Waals surface area contributed by atoms with Crippen molar-refractivity contribution in [1.29, 1.82) is 0 Å². The second-order valence-corrected chi connectivity index (χ2v) is 8.26. The molecular formula is C19H21N3O4S. The maximum atomic E-state index is 12.6. The molecule has 2 N–H and O–H groups in total. The summed E-state index contributed by atoms with van der Waals surface area (Å²) < 4.78 is 26.4. The zero-order valence-corrected chi connectivity index (χ0v) is 15.7. The SMILES string of the molecule is CC(NC(=O)c1ccc(S(=O)(=O)N2CCNC(=O)C2)cc1)c1ccccc1. The molecule has 1 unspecified atom stereocenters. The second kappa shape index (κ2) is 7.89. The van der Waals surface area contributed by atoms with Gasteiger partial charge in [0, 0.05) is 18.7 Å². The Bertz CT molecular complexity index is 927. The monoisotopic (exact) mass is 387 g/mol. The molecule has 8 heteroatoms. The van der Waals surface area contributed by atoms with Gasteiger partial charge >= 0.3 is 0 Å². The average molecular weight is 387 g/mol. The Balaban J connectivity index is 1.71. The van der Waals surface area contributed by atoms with Crippen LogP contribution in [-0.4, -0.2) is 44.2 Å². The van der Waals surface area contributed by atoms with Gasteiger partial charge in [0.2, 0.25) is 15.9 Å². The number of hydrogen-bond acceptors (Lipinski definition) is 4. The number of rotatable bonds is 5. The van der Waals surface area contributed by atoms with Gasteiger partial charge in [0.25, 0.3) is 5.91 Å². The largest absolute Gasteiger partial charge is 0.354 e. The molecule has 1 saturated heterocycles. The molecule has 2 amide bonds. The molecule has 142 valence electrons. The minimum absolute atomic E-state index is 0.0601. The number of sulfonamides is 1. The fourth-order valence-electron chi connectivity index (χ4n) is 2.85. The van der Waals surface area contributed by atoms with E-state index in [4.69, 9.17) is 0 Å². The Kier molecular flexibility index (Phi) is 5.57. The Morgan fingerprint density at radius 1 is 1.11 bits per heavy atom. The van der Waals surface area contributed by atoms with Crippen molar-refractivity contribution in [3.05, 3.63) is 65.7 Å². The van der Waals surface area contributed by atoms with Crippen LogP contribution in [0.2, 0.25) is 0 Å². The van der Waals surface area contributed by atoms with Crippen molar-refractivity contribution in [2.45, 2.75) is 17.9 Å². The van der Waals surface area contributed by atoms with E-state index in [0.29, 0.717) is 5.56 Å². The van der Waals surface area contributed by atoms with Crippen LogP contribution in [0.1, 0.15) is 28.9 Å². The van der Waals surface area contributed by atoms with Crippen molar-refractivity contribution in [2.24, 2.45) is 0 Å². The molecule has 0 bridgehead atoms. The Morgan fingerprint density at radius 2 is 1.78 bits per heavy atom. The summed E-state index contributed by atoms with van der Waals surface area (Å²) in [6.45, 7) is 2.20. The first-order valence-electron chi connectivity index (χ1n) is 8.60. The molecular weight excluding hydrogens is 366 g/mol. The van der Waals surface area contributed by atoms with Crippen molar-refractivity contribution in [2.75, 3.05) is 19.6 Å². The maximum absolute atomic E-state index is 12.6. The molecule has 0 saturated carbocycles. The minimum Gasteiger partial charge on any atom is -0.354 e. The summed E-state index contributed by atoms with van der Waals surface area (Å²) in [7, 11) is -3.76. The second-order valence-electron chi connectivity index (χ2n) is 6.32. The van der Waals surface area contributed by atoms with Crippen LogP contribution < -0.4 is 10.6 Å². The number of nitrogens with zero attached hydrogens (tertiary/aromatic N) is 1. The van der Waals surface area contributed by atoms with Gasteiger partial charge in [-0.3, -0.25) is 9.59 Å². The number of amides is 2. The summed E-state index contributed by atoms with van der Waals surface area (Å²) in [5.41, 5.74) is 1.35. The molecule has 0 radical (unpaired) electrons. The van der Waals surface area contributed by atoms with Gasteiger partial charge in [-0.05, 0) is 36.8 Å². The minimum atomic E-state index is -3.76. The molecule has 3 rings (SSSR count). The molecule has 1 fully saturated rings. The summed E-state index contributed by atoms with van der Waals surface area (Å²) in [4.78, 5) is 23.9. The highest BCUT2D eigenvalue weighted by molar-refractivity contribution is 7.89. The highest BCUT2D eigenvalue weighted by Crippen LogP contribution is 2.18. The van der Waals surface area contributed by atoms with Crippen molar-refractivity contribution >= 4 is 21.8 Å². The quantitative estimate of drug-likeness (QED) is 0.808. The van der Waals surface area contributed by atoms with E-state index in [-0.39, 0.29) is 42.4 Å². The normalized spacial score (nSPS) is 16.4. The number of benzene rings is 2. The smallest absolute Gasteiger partial charge is 0.251 e. The van der Waals surface area contributed by atoms with Crippen molar-refractivity contribution in [1.82, 2.24) is 14.9 Å². The van der Waals surface area contributed by atoms with E-state index in [1.807, 2.05) is 37.3 Å². The highest BCUT2D eigenvalue weighted by atomic mass is 32.2. The number of carbonyl (C=O) groups excluding carboxylic acids is 2. The first-order chi connectivity index (χ1) is 12.9. The lowest BCUT2D eigenvalue weighted by atomic mass is 10.1. The highest BCUT2D eigenvalue weighted by Gasteiger charge is 2.29. The first-order valence-corrected chi connectivity index (χ1v) is 10.0. The van der Waals surface area contributed by atoms with Crippen LogP contribution in [-0.2, 0) is 14.8 Å². The van der Waals surface area contributed by atoms with Gasteiger partial charge in [-0.25, -0.2) is 8.42 Å². The van der Waals surface area contributed by atoms with E-state index >= 15 is 0 Å². The third kappa shape index (κ3) is 4.35. The van der Waals surface area contributed by atoms with E-state index in [2.05, 4.69) is 10.6 Å². The summed E-state index contributed by atoms with van der Waals surface area (Å²) in [6, 6.07) is 15.1. The van der Waals surface area contributed by atoms with Crippen LogP contribution in [0.15, 0.2) is 59.5 Å². The molecule has 1 heterocycles. The van der Waals surface area contributed by atoms with E-state index in [1.54, 1.807) is 0 Å². The van der Waals surface area contributed by atoms with Gasteiger partial charge in [-0.15, -0.1) is 0 Å². The van der Waals surface area contributed by atoms with Crippen molar-refractivity contribution < 1.29 is 18.0 Å². The van der Waals surface area contributed by atoms with Crippen molar-refractivity contribution in [3.63, 3.8) is 0 Å². The first kappa shape index (κ1) is 19.1. The molecule has 1 aliphatic heterocycles. The maximum Gasteiger partial charge on any atom is 0.251 e. The van der Waals surface area contributed by atoms with E-state index < -0.39 is 10.0 Å². The number of piperazine rings is 1. The predicted octanol–water partition coefficient (Wildman–Crippen LogP) is 1.30. The zero-order chi connectivity index (χ0) is 19.4. The summed E-state index contributed by atoms with van der Waals surface area (Å²) >= 11 is 0. The van der Waals surface area contributed by atoms with Crippen molar-refractivity contribution in [3.8, 4) is 0 Å². The Labute approximate surface area is 158 Å². The van der Waals surface area contributed by atoms with Gasteiger partial charge in [0.1, 0.15) is 0 Å². The van der Waals surface area contributed by atoms with Gasteiger partial charge < -0.3 is 10.6 Å². The molecule has 2 aromatic rings. The summed E-state index contributed by atoms with van der Waals surface area (Å²) in [5, 5.41) is 5.48. The third-order valence-electron chi connectivity index (χ3n) is 4.40. The lowest BCUT2D eigenvalue weighted by molar-refractivity contribution is -0.122. The van der Waals surface area contributed by atoms with Crippen LogP contribution in [0.3, 0.4) is 0 Å². The lowest BCUT2D eigenvalue weighted by Gasteiger charge is -2.25. The summed E-state index contributed by atoms with van der Waals surface area (Å²) in [6.07, 6.45) is 0. The van der Waals surface area contributed by atoms with Gasteiger partial charge in [0.05, 0.1) is 17.5 Å². The predicted molar refractivity (Wildman–Crippen MR) is 101 cm³/mol. The average Bonchev–Trinajstić information content (AvgIpc) is 2.68. The van der Waals surface area contributed by atoms with E-state index in [9.17, 15) is 18.0 Å². The molecule has 7 nitrogen and oxygen atoms in total. The van der Waals surface area contributed by atoms with Crippen LogP contribution in [0.25, 0.3) is 0 Å². The Morgan fingerprint density at radius 3 is 2.41 bits per heavy atom. The van der Waals surface area contributed by atoms with Gasteiger partial charge in [-0.2, -0.15) is 4.31 Å². The number of hydrogen-bond donors (Lipinski definition) is 2. The molecule has 27 heavy (non-hydrogen) atoms. The molecule has 0 spiro atoms. The molecule has 1 atom stereocenters. The number of carbonyl (C=O) groups is 2. The van der Waals surface area contributed by atoms with Crippen LogP contribution in [0.4, 0.5) is 0 Å². The van der Waals surface area contributed by atoms with Gasteiger partial charge in [-0.1, -0.05) is 30.3 Å². The topological polar surface area (TPSA) is 95.6 Å². The molecule has 2 aromatic carbocycles. The van der Waals surface area contributed by atoms with Gasteiger partial charge in [0.15, 0.2) is 0 Å². The van der Waals surface area contributed by atoms with Crippen LogP contribution in [0, 0.1) is 0 Å². The fourth-order valence-corrected chi connectivity index (χ4v) is 4.25. The fraction of sp³-hybridized carbons (Fsp3) is 0.263. The molecule has 0 aromatic heterocycles. The van der Waals surface area contributed by atoms with Crippen LogP contribution in [0.5, 0.6) is 0 Å². The standard InChI is InChI=1S/C19H21N3O4S/c1-14(15-5-3-2-4-6-15)21-19(24)16-7-9-17(10-8-16)27(25,26)22-12-11-20-18(23)13-22/h2-10,14H,11-13H2,1H3,(H,20,23)(H,21,24). The Hall–Kier alpha value is -2.71. The zero-order valence-electron chi connectivity index (χ0n) is 14.9. The number of nitrogens with one attached hydrogen (secondary N) is 2. The van der Waals surface area contributed by atoms with E-state index in [1.165, 1.54) is 24.3 Å². The molecule has 0 aliphatic carbocycles. The lowest BCUT2D eigenvalue weighted by Crippen LogP contribution is -2.49. The van der Waals surface area contributed by atoms with E-state index in [0.717, 1.165) is 9.87 Å². The third-order valence-corrected chi connectivity index (χ3v) is 6.26. The summed E-state index contributed by atoms with van der Waals surface area (Å²) in [5.74, 6) is -0.608.